The normalized spacial score (nSPS) is 10.6. The summed E-state index contributed by atoms with van der Waals surface area (Å²) in [5, 5.41) is 9.88. The quantitative estimate of drug-likeness (QED) is 0.406. The van der Waals surface area contributed by atoms with Crippen molar-refractivity contribution >= 4 is 34.4 Å². The molecule has 0 saturated carbocycles. The predicted molar refractivity (Wildman–Crippen MR) is 122 cm³/mol. The Labute approximate surface area is 183 Å². The van der Waals surface area contributed by atoms with E-state index >= 15 is 0 Å². The molecule has 0 bridgehead atoms. The van der Waals surface area contributed by atoms with Gasteiger partial charge in [-0.25, -0.2) is 9.37 Å². The Kier molecular flexibility index (Phi) is 6.17. The van der Waals surface area contributed by atoms with Gasteiger partial charge in [0.25, 0.3) is 5.91 Å². The Balaban J connectivity index is 0.00000132. The molecular weight excluding hydrogens is 419 g/mol. The number of primary amides is 1. The summed E-state index contributed by atoms with van der Waals surface area (Å²) in [7, 11) is 0. The third-order valence-corrected chi connectivity index (χ3v) is 5.03. The molecule has 31 heavy (non-hydrogen) atoms. The second kappa shape index (κ2) is 8.65. The van der Waals surface area contributed by atoms with Gasteiger partial charge in [-0.2, -0.15) is 0 Å². The summed E-state index contributed by atoms with van der Waals surface area (Å²) in [5.41, 5.74) is 15.2. The highest BCUT2D eigenvalue weighted by atomic mass is 35.5. The van der Waals surface area contributed by atoms with Crippen molar-refractivity contribution in [3.8, 4) is 22.7 Å². The number of phenolic OH excluding ortho intramolecular Hbond substituents is 1. The molecule has 2 heterocycles. The number of aryl methyl sites for hydroxylation is 1. The maximum atomic E-state index is 13.5. The van der Waals surface area contributed by atoms with Crippen molar-refractivity contribution in [1.82, 2.24) is 9.55 Å². The summed E-state index contributed by atoms with van der Waals surface area (Å²) < 4.78 is 15.1. The highest BCUT2D eigenvalue weighted by molar-refractivity contribution is 6.31. The molecule has 2 aromatic heterocycles. The van der Waals surface area contributed by atoms with Crippen molar-refractivity contribution in [1.29, 1.82) is 0 Å². The molecule has 0 aliphatic carbocycles. The zero-order chi connectivity index (χ0) is 22.9. The smallest absolute Gasteiger partial charge is 0.254 e. The van der Waals surface area contributed by atoms with Crippen LogP contribution in [0.25, 0.3) is 28.0 Å². The van der Waals surface area contributed by atoms with Crippen molar-refractivity contribution < 1.29 is 14.3 Å². The minimum absolute atomic E-state index is 0.0352. The van der Waals surface area contributed by atoms with Crippen molar-refractivity contribution in [3.05, 3.63) is 70.5 Å². The number of phenols is 1. The second-order valence-corrected chi connectivity index (χ2v) is 7.03. The van der Waals surface area contributed by atoms with E-state index in [1.54, 1.807) is 41.0 Å². The lowest BCUT2D eigenvalue weighted by Crippen LogP contribution is -2.14. The van der Waals surface area contributed by atoms with Crippen molar-refractivity contribution in [2.45, 2.75) is 20.8 Å². The van der Waals surface area contributed by atoms with Crippen LogP contribution in [0.1, 0.15) is 29.8 Å². The van der Waals surface area contributed by atoms with Crippen LogP contribution in [-0.2, 0) is 0 Å². The van der Waals surface area contributed by atoms with E-state index in [4.69, 9.17) is 23.1 Å². The molecule has 8 heteroatoms. The molecule has 4 aromatic rings. The van der Waals surface area contributed by atoms with E-state index in [1.165, 1.54) is 12.1 Å². The summed E-state index contributed by atoms with van der Waals surface area (Å²) in [4.78, 5) is 16.7. The first kappa shape index (κ1) is 22.1. The standard InChI is InChI=1S/C21H16ClFN4O2.C2H6/c1-10-2-4-12(28)9-17(10)27-16-7-6-15(11-3-5-14(23)13(22)8-11)26-19(16)18(20(27)24)21(25)29;1-2/h2-9,28H,24H2,1H3,(H2,25,29);1-2H3. The van der Waals surface area contributed by atoms with Crippen LogP contribution < -0.4 is 11.5 Å². The van der Waals surface area contributed by atoms with E-state index in [1.807, 2.05) is 20.8 Å². The number of pyridine rings is 1. The molecule has 0 fully saturated rings. The van der Waals surface area contributed by atoms with Gasteiger partial charge in [0.2, 0.25) is 0 Å². The van der Waals surface area contributed by atoms with Gasteiger partial charge in [0.15, 0.2) is 0 Å². The van der Waals surface area contributed by atoms with Gasteiger partial charge in [0, 0.05) is 11.6 Å². The minimum atomic E-state index is -0.731. The van der Waals surface area contributed by atoms with Gasteiger partial charge in [-0.1, -0.05) is 31.5 Å². The van der Waals surface area contributed by atoms with Crippen LogP contribution in [0.2, 0.25) is 5.02 Å². The fourth-order valence-corrected chi connectivity index (χ4v) is 3.52. The first-order valence-electron chi connectivity index (χ1n) is 9.64. The molecule has 1 amide bonds. The van der Waals surface area contributed by atoms with Gasteiger partial charge in [-0.05, 0) is 48.9 Å². The van der Waals surface area contributed by atoms with Gasteiger partial charge in [-0.3, -0.25) is 9.36 Å². The highest BCUT2D eigenvalue weighted by Gasteiger charge is 2.23. The van der Waals surface area contributed by atoms with E-state index < -0.39 is 11.7 Å². The number of nitrogens with zero attached hydrogens (tertiary/aromatic N) is 2. The third kappa shape index (κ3) is 3.92. The highest BCUT2D eigenvalue weighted by Crippen LogP contribution is 2.34. The van der Waals surface area contributed by atoms with Gasteiger partial charge in [-0.15, -0.1) is 0 Å². The summed E-state index contributed by atoms with van der Waals surface area (Å²) in [5.74, 6) is -1.10. The average molecular weight is 441 g/mol. The molecule has 2 aromatic carbocycles. The van der Waals surface area contributed by atoms with Gasteiger partial charge in [0.05, 0.1) is 21.9 Å². The Bertz CT molecular complexity index is 1300. The van der Waals surface area contributed by atoms with E-state index in [2.05, 4.69) is 4.98 Å². The van der Waals surface area contributed by atoms with E-state index in [-0.39, 0.29) is 22.2 Å². The molecular formula is C23H22ClFN4O2. The molecule has 0 radical (unpaired) electrons. The zero-order valence-corrected chi connectivity index (χ0v) is 18.0. The van der Waals surface area contributed by atoms with Crippen LogP contribution in [0.15, 0.2) is 48.5 Å². The molecule has 160 valence electrons. The number of aromatic hydroxyl groups is 1. The fourth-order valence-electron chi connectivity index (χ4n) is 3.34. The summed E-state index contributed by atoms with van der Waals surface area (Å²) in [6.45, 7) is 5.85. The summed E-state index contributed by atoms with van der Waals surface area (Å²) >= 11 is 5.88. The lowest BCUT2D eigenvalue weighted by molar-refractivity contribution is 0.100. The van der Waals surface area contributed by atoms with Crippen LogP contribution in [0.3, 0.4) is 0 Å². The van der Waals surface area contributed by atoms with Crippen LogP contribution in [0.5, 0.6) is 5.75 Å². The lowest BCUT2D eigenvalue weighted by atomic mass is 10.1. The Morgan fingerprint density at radius 2 is 1.84 bits per heavy atom. The Morgan fingerprint density at radius 3 is 2.48 bits per heavy atom. The number of rotatable bonds is 3. The minimum Gasteiger partial charge on any atom is -0.508 e. The fraction of sp³-hybridized carbons (Fsp3) is 0.130. The summed E-state index contributed by atoms with van der Waals surface area (Å²) in [6.07, 6.45) is 0. The van der Waals surface area contributed by atoms with Crippen molar-refractivity contribution in [2.24, 2.45) is 5.73 Å². The SMILES string of the molecule is CC.Cc1ccc(O)cc1-n1c(N)c(C(N)=O)c2nc(-c3ccc(F)c(Cl)c3)ccc21. The van der Waals surface area contributed by atoms with Crippen LogP contribution in [-0.4, -0.2) is 20.6 Å². The molecule has 0 spiro atoms. The molecule has 0 aliphatic heterocycles. The van der Waals surface area contributed by atoms with Crippen molar-refractivity contribution in [3.63, 3.8) is 0 Å². The maximum absolute atomic E-state index is 13.5. The van der Waals surface area contributed by atoms with E-state index in [0.29, 0.717) is 28.0 Å². The van der Waals surface area contributed by atoms with Crippen LogP contribution in [0, 0.1) is 12.7 Å². The number of hydrogen-bond donors (Lipinski definition) is 3. The van der Waals surface area contributed by atoms with Crippen LogP contribution >= 0.6 is 11.6 Å². The molecule has 0 unspecified atom stereocenters. The molecule has 4 rings (SSSR count). The summed E-state index contributed by atoms with van der Waals surface area (Å²) in [6, 6.07) is 12.5. The Morgan fingerprint density at radius 1 is 1.13 bits per heavy atom. The topological polar surface area (TPSA) is 107 Å². The largest absolute Gasteiger partial charge is 0.508 e. The number of carbonyl (C=O) groups is 1. The number of hydrogen-bond acceptors (Lipinski definition) is 4. The molecule has 5 N–H and O–H groups in total. The van der Waals surface area contributed by atoms with E-state index in [9.17, 15) is 14.3 Å². The van der Waals surface area contributed by atoms with E-state index in [0.717, 1.165) is 5.56 Å². The lowest BCUT2D eigenvalue weighted by Gasteiger charge is -2.12. The predicted octanol–water partition coefficient (Wildman–Crippen LogP) is 5.21. The molecule has 0 atom stereocenters. The number of anilines is 1. The molecule has 0 saturated heterocycles. The number of amides is 1. The van der Waals surface area contributed by atoms with Gasteiger partial charge in [0.1, 0.15) is 28.5 Å². The molecule has 0 aliphatic rings. The number of aromatic nitrogens is 2. The van der Waals surface area contributed by atoms with Gasteiger partial charge < -0.3 is 16.6 Å². The second-order valence-electron chi connectivity index (χ2n) is 6.62. The zero-order valence-electron chi connectivity index (χ0n) is 17.3. The number of benzene rings is 2. The third-order valence-electron chi connectivity index (χ3n) is 4.74. The number of nitrogens with two attached hydrogens (primary N) is 2. The van der Waals surface area contributed by atoms with Crippen LogP contribution in [0.4, 0.5) is 10.2 Å². The number of nitrogen functional groups attached to an aromatic ring is 1. The average Bonchev–Trinajstić information content (AvgIpc) is 3.04. The monoisotopic (exact) mass is 440 g/mol. The maximum Gasteiger partial charge on any atom is 0.254 e. The number of carbonyl (C=O) groups excluding carboxylic acids is 1. The van der Waals surface area contributed by atoms with Gasteiger partial charge >= 0.3 is 0 Å². The molecule has 6 nitrogen and oxygen atoms in total. The number of halogens is 2. The first-order chi connectivity index (χ1) is 14.8. The first-order valence-corrected chi connectivity index (χ1v) is 10.0. The Hall–Kier alpha value is -3.58. The van der Waals surface area contributed by atoms with Crippen molar-refractivity contribution in [2.75, 3.05) is 5.73 Å². The number of fused-ring (bicyclic) bond motifs is 1.